The van der Waals surface area contributed by atoms with E-state index in [9.17, 15) is 4.79 Å². The molecule has 0 aromatic carbocycles. The highest BCUT2D eigenvalue weighted by atomic mass is 32.2. The fourth-order valence-corrected chi connectivity index (χ4v) is 3.00. The van der Waals surface area contributed by atoms with Gasteiger partial charge >= 0.3 is 0 Å². The molecule has 0 N–H and O–H groups in total. The first-order valence-corrected chi connectivity index (χ1v) is 4.63. The molecule has 2 saturated heterocycles. The molecule has 0 saturated carbocycles. The van der Waals surface area contributed by atoms with Crippen LogP contribution in [0.5, 0.6) is 0 Å². The van der Waals surface area contributed by atoms with Crippen LogP contribution in [0.1, 0.15) is 13.3 Å². The van der Waals surface area contributed by atoms with Gasteiger partial charge in [-0.2, -0.15) is 0 Å². The van der Waals surface area contributed by atoms with Gasteiger partial charge in [-0.25, -0.2) is 0 Å². The summed E-state index contributed by atoms with van der Waals surface area (Å²) in [6.45, 7) is 6.76. The van der Waals surface area contributed by atoms with Gasteiger partial charge in [0.15, 0.2) is 0 Å². The Bertz CT molecular complexity index is 228. The first kappa shape index (κ1) is 7.22. The minimum atomic E-state index is 0.108. The maximum absolute atomic E-state index is 11.0. The first-order valence-electron chi connectivity index (χ1n) is 3.75. The summed E-state index contributed by atoms with van der Waals surface area (Å²) in [6, 6.07) is 0. The third kappa shape index (κ3) is 0.906. The maximum atomic E-state index is 11.0. The molecular weight excluding hydrogens is 158 g/mol. The van der Waals surface area contributed by atoms with Gasteiger partial charge in [0, 0.05) is 6.54 Å². The van der Waals surface area contributed by atoms with E-state index in [-0.39, 0.29) is 4.75 Å². The van der Waals surface area contributed by atoms with Crippen LogP contribution in [0.15, 0.2) is 12.7 Å². The molecule has 0 spiro atoms. The van der Waals surface area contributed by atoms with Crippen LogP contribution in [0.2, 0.25) is 0 Å². The Morgan fingerprint density at radius 1 is 1.91 bits per heavy atom. The van der Waals surface area contributed by atoms with E-state index in [0.29, 0.717) is 11.3 Å². The van der Waals surface area contributed by atoms with Crippen molar-refractivity contribution < 1.29 is 4.79 Å². The zero-order valence-corrected chi connectivity index (χ0v) is 7.36. The van der Waals surface area contributed by atoms with Gasteiger partial charge in [0.25, 0.3) is 0 Å². The second kappa shape index (κ2) is 2.03. The lowest BCUT2D eigenvalue weighted by Crippen LogP contribution is -2.47. The van der Waals surface area contributed by atoms with Crippen molar-refractivity contribution in [3.63, 3.8) is 0 Å². The monoisotopic (exact) mass is 169 g/mol. The highest BCUT2D eigenvalue weighted by molar-refractivity contribution is 8.01. The van der Waals surface area contributed by atoms with Crippen LogP contribution in [-0.2, 0) is 4.79 Å². The van der Waals surface area contributed by atoms with E-state index in [4.69, 9.17) is 0 Å². The third-order valence-corrected chi connectivity index (χ3v) is 3.87. The topological polar surface area (TPSA) is 20.3 Å². The summed E-state index contributed by atoms with van der Waals surface area (Å²) in [5, 5.41) is 0.450. The molecule has 0 aliphatic carbocycles. The Labute approximate surface area is 70.6 Å². The highest BCUT2D eigenvalue weighted by Gasteiger charge is 2.48. The molecule has 1 amide bonds. The standard InChI is InChI=1S/C8H11NOS/c1-3-8(2)5-9-6(10)4-7(9)11-8/h3,7H,1,4-5H2,2H3/t7-,8?/m0/s1. The van der Waals surface area contributed by atoms with Crippen LogP contribution >= 0.6 is 11.8 Å². The van der Waals surface area contributed by atoms with Gasteiger partial charge in [-0.1, -0.05) is 6.08 Å². The molecule has 1 unspecified atom stereocenters. The van der Waals surface area contributed by atoms with Gasteiger partial charge in [-0.3, -0.25) is 4.79 Å². The van der Waals surface area contributed by atoms with Crippen LogP contribution in [0.25, 0.3) is 0 Å². The molecule has 0 radical (unpaired) electrons. The van der Waals surface area contributed by atoms with E-state index in [1.165, 1.54) is 0 Å². The van der Waals surface area contributed by atoms with Gasteiger partial charge < -0.3 is 4.90 Å². The van der Waals surface area contributed by atoms with E-state index in [0.717, 1.165) is 13.0 Å². The normalized spacial score (nSPS) is 41.7. The van der Waals surface area contributed by atoms with Crippen LogP contribution in [-0.4, -0.2) is 27.5 Å². The summed E-state index contributed by atoms with van der Waals surface area (Å²) in [5.41, 5.74) is 0. The lowest BCUT2D eigenvalue weighted by molar-refractivity contribution is -0.140. The van der Waals surface area contributed by atoms with Crippen molar-refractivity contribution in [3.8, 4) is 0 Å². The molecule has 0 bridgehead atoms. The highest BCUT2D eigenvalue weighted by Crippen LogP contribution is 2.46. The molecule has 2 aliphatic rings. The molecule has 2 aliphatic heterocycles. The number of hydrogen-bond donors (Lipinski definition) is 0. The van der Waals surface area contributed by atoms with Gasteiger partial charge in [-0.15, -0.1) is 18.3 Å². The number of hydrogen-bond acceptors (Lipinski definition) is 2. The smallest absolute Gasteiger partial charge is 0.226 e. The summed E-state index contributed by atoms with van der Waals surface area (Å²) in [6.07, 6.45) is 2.68. The van der Waals surface area contributed by atoms with Crippen molar-refractivity contribution in [2.24, 2.45) is 0 Å². The van der Waals surface area contributed by atoms with Crippen molar-refractivity contribution in [3.05, 3.63) is 12.7 Å². The van der Waals surface area contributed by atoms with Crippen molar-refractivity contribution in [1.29, 1.82) is 0 Å². The zero-order chi connectivity index (χ0) is 8.06. The number of nitrogens with zero attached hydrogens (tertiary/aromatic N) is 1. The predicted octanol–water partition coefficient (Wildman–Crippen LogP) is 1.24. The van der Waals surface area contributed by atoms with Crippen molar-refractivity contribution in [1.82, 2.24) is 4.90 Å². The molecule has 2 atom stereocenters. The molecule has 60 valence electrons. The summed E-state index contributed by atoms with van der Waals surface area (Å²) >= 11 is 1.85. The lowest BCUT2D eigenvalue weighted by atomic mass is 10.1. The van der Waals surface area contributed by atoms with Crippen molar-refractivity contribution in [2.75, 3.05) is 6.54 Å². The SMILES string of the molecule is C=CC1(C)CN2C(=O)C[C@@H]2S1. The molecule has 0 aromatic rings. The van der Waals surface area contributed by atoms with E-state index >= 15 is 0 Å². The number of rotatable bonds is 1. The maximum Gasteiger partial charge on any atom is 0.226 e. The van der Waals surface area contributed by atoms with Gasteiger partial charge in [0.05, 0.1) is 16.5 Å². The van der Waals surface area contributed by atoms with E-state index in [1.807, 2.05) is 22.7 Å². The van der Waals surface area contributed by atoms with E-state index in [2.05, 4.69) is 13.5 Å². The summed E-state index contributed by atoms with van der Waals surface area (Å²) < 4.78 is 0.108. The molecule has 2 nitrogen and oxygen atoms in total. The minimum Gasteiger partial charge on any atom is -0.328 e. The second-order valence-corrected chi connectivity index (χ2v) is 5.03. The largest absolute Gasteiger partial charge is 0.328 e. The Morgan fingerprint density at radius 2 is 2.64 bits per heavy atom. The molecule has 0 aromatic heterocycles. The molecule has 11 heavy (non-hydrogen) atoms. The van der Waals surface area contributed by atoms with Gasteiger partial charge in [0.2, 0.25) is 5.91 Å². The lowest BCUT2D eigenvalue weighted by Gasteiger charge is -2.32. The number of thioether (sulfide) groups is 1. The quantitative estimate of drug-likeness (QED) is 0.435. The zero-order valence-electron chi connectivity index (χ0n) is 6.54. The van der Waals surface area contributed by atoms with Crippen LogP contribution in [0.3, 0.4) is 0 Å². The Hall–Kier alpha value is -0.440. The summed E-state index contributed by atoms with van der Waals surface area (Å²) in [4.78, 5) is 12.9. The number of carbonyl (C=O) groups excluding carboxylic acids is 1. The number of β-lactam (4-membered cyclic amide) rings is 1. The molecule has 2 heterocycles. The number of amides is 1. The Balaban J connectivity index is 2.14. The fourth-order valence-electron chi connectivity index (χ4n) is 1.52. The molecule has 3 heteroatoms. The Kier molecular flexibility index (Phi) is 1.34. The molecule has 2 fully saturated rings. The minimum absolute atomic E-state index is 0.108. The van der Waals surface area contributed by atoms with E-state index in [1.54, 1.807) is 0 Å². The molecule has 2 rings (SSSR count). The van der Waals surface area contributed by atoms with Crippen molar-refractivity contribution in [2.45, 2.75) is 23.5 Å². The average Bonchev–Trinajstić information content (AvgIpc) is 2.25. The summed E-state index contributed by atoms with van der Waals surface area (Å²) in [7, 11) is 0. The third-order valence-electron chi connectivity index (χ3n) is 2.34. The number of fused-ring (bicyclic) bond motifs is 1. The predicted molar refractivity (Wildman–Crippen MR) is 46.3 cm³/mol. The number of carbonyl (C=O) groups is 1. The molecular formula is C8H11NOS. The van der Waals surface area contributed by atoms with Crippen LogP contribution < -0.4 is 0 Å². The van der Waals surface area contributed by atoms with Gasteiger partial charge in [-0.05, 0) is 6.92 Å². The first-order chi connectivity index (χ1) is 5.14. The van der Waals surface area contributed by atoms with Gasteiger partial charge in [0.1, 0.15) is 0 Å². The summed E-state index contributed by atoms with van der Waals surface area (Å²) in [5.74, 6) is 0.299. The second-order valence-electron chi connectivity index (χ2n) is 3.32. The van der Waals surface area contributed by atoms with Crippen LogP contribution in [0.4, 0.5) is 0 Å². The average molecular weight is 169 g/mol. The fraction of sp³-hybridized carbons (Fsp3) is 0.625. The van der Waals surface area contributed by atoms with E-state index < -0.39 is 0 Å². The van der Waals surface area contributed by atoms with Crippen molar-refractivity contribution >= 4 is 17.7 Å². The Morgan fingerprint density at radius 3 is 3.09 bits per heavy atom. The van der Waals surface area contributed by atoms with Crippen LogP contribution in [0, 0.1) is 0 Å².